The lowest BCUT2D eigenvalue weighted by Gasteiger charge is -2.16. The fourth-order valence-electron chi connectivity index (χ4n) is 1.61. The number of oxime groups is 1. The van der Waals surface area contributed by atoms with Crippen molar-refractivity contribution >= 4 is 5.84 Å². The molecule has 0 aliphatic carbocycles. The van der Waals surface area contributed by atoms with Gasteiger partial charge in [-0.2, -0.15) is 0 Å². The summed E-state index contributed by atoms with van der Waals surface area (Å²) in [5.41, 5.74) is 7.15. The van der Waals surface area contributed by atoms with Crippen LogP contribution in [-0.4, -0.2) is 42.5 Å². The van der Waals surface area contributed by atoms with E-state index in [2.05, 4.69) is 10.5 Å². The fraction of sp³-hybridized carbons (Fsp3) is 0.417. The third-order valence-electron chi connectivity index (χ3n) is 2.57. The highest BCUT2D eigenvalue weighted by Crippen LogP contribution is 2.08. The van der Waals surface area contributed by atoms with Gasteiger partial charge in [0.05, 0.1) is 19.3 Å². The van der Waals surface area contributed by atoms with E-state index in [4.69, 9.17) is 20.8 Å². The molecule has 18 heavy (non-hydrogen) atoms. The molecule has 6 heteroatoms. The Morgan fingerprint density at radius 1 is 1.50 bits per heavy atom. The van der Waals surface area contributed by atoms with Crippen LogP contribution >= 0.6 is 0 Å². The van der Waals surface area contributed by atoms with Crippen molar-refractivity contribution < 1.29 is 15.1 Å². The van der Waals surface area contributed by atoms with Crippen molar-refractivity contribution in [2.24, 2.45) is 10.9 Å². The molecule has 0 saturated carbocycles. The van der Waals surface area contributed by atoms with Gasteiger partial charge in [-0.25, -0.2) is 0 Å². The number of hydrogen-bond acceptors (Lipinski definition) is 5. The maximum Gasteiger partial charge on any atom is 0.170 e. The summed E-state index contributed by atoms with van der Waals surface area (Å²) in [6.45, 7) is 0.906. The van der Waals surface area contributed by atoms with Gasteiger partial charge in [0.15, 0.2) is 5.84 Å². The van der Waals surface area contributed by atoms with E-state index in [1.54, 1.807) is 13.2 Å². The van der Waals surface area contributed by atoms with Gasteiger partial charge >= 0.3 is 0 Å². The third-order valence-corrected chi connectivity index (χ3v) is 2.57. The number of nitrogens with zero attached hydrogens (tertiary/aromatic N) is 1. The minimum Gasteiger partial charge on any atom is -0.409 e. The van der Waals surface area contributed by atoms with Gasteiger partial charge in [0.1, 0.15) is 0 Å². The van der Waals surface area contributed by atoms with Crippen molar-refractivity contribution in [1.29, 1.82) is 0 Å². The minimum absolute atomic E-state index is 0.0143. The molecule has 0 saturated heterocycles. The summed E-state index contributed by atoms with van der Waals surface area (Å²) in [6.07, 6.45) is 0. The molecule has 6 nitrogen and oxygen atoms in total. The lowest BCUT2D eigenvalue weighted by molar-refractivity contribution is 0.128. The van der Waals surface area contributed by atoms with E-state index in [0.29, 0.717) is 18.7 Å². The summed E-state index contributed by atoms with van der Waals surface area (Å²) in [7, 11) is 1.58. The number of aliphatic hydroxyl groups excluding tert-OH is 1. The van der Waals surface area contributed by atoms with Crippen LogP contribution in [0.1, 0.15) is 11.1 Å². The maximum atomic E-state index is 9.13. The molecule has 0 aliphatic heterocycles. The summed E-state index contributed by atoms with van der Waals surface area (Å²) >= 11 is 0. The van der Waals surface area contributed by atoms with E-state index < -0.39 is 0 Å². The number of nitrogens with one attached hydrogen (secondary N) is 1. The van der Waals surface area contributed by atoms with Gasteiger partial charge in [-0.05, 0) is 5.56 Å². The second-order valence-corrected chi connectivity index (χ2v) is 3.86. The van der Waals surface area contributed by atoms with Crippen molar-refractivity contribution in [3.63, 3.8) is 0 Å². The maximum absolute atomic E-state index is 9.13. The number of hydrogen-bond donors (Lipinski definition) is 4. The Morgan fingerprint density at radius 2 is 2.22 bits per heavy atom. The normalized spacial score (nSPS) is 13.6. The molecule has 0 heterocycles. The highest BCUT2D eigenvalue weighted by atomic mass is 16.5. The lowest BCUT2D eigenvalue weighted by Crippen LogP contribution is -2.36. The van der Waals surface area contributed by atoms with E-state index in [0.717, 1.165) is 5.56 Å². The van der Waals surface area contributed by atoms with Crippen molar-refractivity contribution in [2.45, 2.75) is 12.6 Å². The largest absolute Gasteiger partial charge is 0.409 e. The van der Waals surface area contributed by atoms with E-state index in [-0.39, 0.29) is 18.5 Å². The average Bonchev–Trinajstić information content (AvgIpc) is 2.43. The number of aliphatic hydroxyl groups is 1. The van der Waals surface area contributed by atoms with E-state index in [9.17, 15) is 0 Å². The molecule has 1 rings (SSSR count). The molecule has 0 aliphatic rings. The Hall–Kier alpha value is -1.63. The second-order valence-electron chi connectivity index (χ2n) is 3.86. The van der Waals surface area contributed by atoms with Crippen LogP contribution in [-0.2, 0) is 11.3 Å². The van der Waals surface area contributed by atoms with Gasteiger partial charge in [0.25, 0.3) is 0 Å². The van der Waals surface area contributed by atoms with Crippen LogP contribution in [0.2, 0.25) is 0 Å². The molecule has 0 amide bonds. The van der Waals surface area contributed by atoms with Gasteiger partial charge in [0, 0.05) is 19.2 Å². The van der Waals surface area contributed by atoms with Crippen LogP contribution < -0.4 is 11.1 Å². The quantitative estimate of drug-likeness (QED) is 0.235. The molecule has 0 radical (unpaired) electrons. The van der Waals surface area contributed by atoms with Crippen molar-refractivity contribution in [1.82, 2.24) is 5.32 Å². The molecule has 0 bridgehead atoms. The van der Waals surface area contributed by atoms with Gasteiger partial charge in [-0.1, -0.05) is 29.4 Å². The van der Waals surface area contributed by atoms with Crippen LogP contribution in [0.4, 0.5) is 0 Å². The summed E-state index contributed by atoms with van der Waals surface area (Å²) in [5, 5.41) is 24.0. The molecular weight excluding hydrogens is 234 g/mol. The number of rotatable bonds is 7. The third kappa shape index (κ3) is 3.99. The second kappa shape index (κ2) is 7.65. The van der Waals surface area contributed by atoms with Crippen LogP contribution in [0.3, 0.4) is 0 Å². The van der Waals surface area contributed by atoms with Crippen LogP contribution in [0.15, 0.2) is 29.4 Å². The zero-order chi connectivity index (χ0) is 13.4. The molecular formula is C12H19N3O3. The number of benzene rings is 1. The zero-order valence-electron chi connectivity index (χ0n) is 10.3. The van der Waals surface area contributed by atoms with Gasteiger partial charge < -0.3 is 26.1 Å². The summed E-state index contributed by atoms with van der Waals surface area (Å²) in [4.78, 5) is 0. The first kappa shape index (κ1) is 14.4. The first-order valence-electron chi connectivity index (χ1n) is 5.62. The Morgan fingerprint density at radius 3 is 2.83 bits per heavy atom. The molecule has 1 atom stereocenters. The Labute approximate surface area is 106 Å². The molecule has 1 aromatic rings. The average molecular weight is 253 g/mol. The first-order chi connectivity index (χ1) is 8.72. The molecule has 5 N–H and O–H groups in total. The standard InChI is InChI=1S/C12H19N3O3/c1-18-8-10(7-16)14-6-9-4-2-3-5-11(9)12(13)15-17/h2-5,10,14,16-17H,6-8H2,1H3,(H2,13,15). The van der Waals surface area contributed by atoms with E-state index in [1.807, 2.05) is 18.2 Å². The topological polar surface area (TPSA) is 100 Å². The molecule has 100 valence electrons. The van der Waals surface area contributed by atoms with Crippen molar-refractivity contribution in [2.75, 3.05) is 20.3 Å². The van der Waals surface area contributed by atoms with E-state index >= 15 is 0 Å². The highest BCUT2D eigenvalue weighted by molar-refractivity contribution is 5.98. The molecule has 0 spiro atoms. The lowest BCUT2D eigenvalue weighted by atomic mass is 10.1. The Bertz CT molecular complexity index is 396. The van der Waals surface area contributed by atoms with Crippen LogP contribution in [0.25, 0.3) is 0 Å². The minimum atomic E-state index is -0.143. The van der Waals surface area contributed by atoms with Gasteiger partial charge in [-0.3, -0.25) is 0 Å². The highest BCUT2D eigenvalue weighted by Gasteiger charge is 2.09. The van der Waals surface area contributed by atoms with Crippen molar-refractivity contribution in [3.05, 3.63) is 35.4 Å². The summed E-state index contributed by atoms with van der Waals surface area (Å²) < 4.78 is 4.97. The van der Waals surface area contributed by atoms with Crippen LogP contribution in [0, 0.1) is 0 Å². The first-order valence-corrected chi connectivity index (χ1v) is 5.62. The predicted molar refractivity (Wildman–Crippen MR) is 68.5 cm³/mol. The number of amidine groups is 1. The van der Waals surface area contributed by atoms with E-state index in [1.165, 1.54) is 0 Å². The van der Waals surface area contributed by atoms with Crippen LogP contribution in [0.5, 0.6) is 0 Å². The molecule has 1 unspecified atom stereocenters. The molecule has 0 aromatic heterocycles. The monoisotopic (exact) mass is 253 g/mol. The number of ether oxygens (including phenoxy) is 1. The van der Waals surface area contributed by atoms with Crippen molar-refractivity contribution in [3.8, 4) is 0 Å². The SMILES string of the molecule is COCC(CO)NCc1ccccc1/C(N)=N/O. The predicted octanol–water partition coefficient (Wildman–Crippen LogP) is -0.122. The summed E-state index contributed by atoms with van der Waals surface area (Å²) in [5.74, 6) is 0.0692. The number of methoxy groups -OCH3 is 1. The number of nitrogens with two attached hydrogens (primary N) is 1. The zero-order valence-corrected chi connectivity index (χ0v) is 10.3. The van der Waals surface area contributed by atoms with Gasteiger partial charge in [0.2, 0.25) is 0 Å². The molecule has 0 fully saturated rings. The summed E-state index contributed by atoms with van der Waals surface area (Å²) in [6, 6.07) is 7.19. The van der Waals surface area contributed by atoms with Gasteiger partial charge in [-0.15, -0.1) is 0 Å². The smallest absolute Gasteiger partial charge is 0.170 e. The Balaban J connectivity index is 2.72. The Kier molecular flexibility index (Phi) is 6.13. The molecule has 1 aromatic carbocycles. The fourth-order valence-corrected chi connectivity index (χ4v) is 1.61.